The summed E-state index contributed by atoms with van der Waals surface area (Å²) in [5.74, 6) is -1.50. The fraction of sp³-hybridized carbons (Fsp3) is 0.494. The summed E-state index contributed by atoms with van der Waals surface area (Å²) in [6.45, 7) is 16.2. The molecule has 4 saturated heterocycles. The van der Waals surface area contributed by atoms with Crippen LogP contribution in [0.1, 0.15) is 144 Å². The Labute approximate surface area is 640 Å². The van der Waals surface area contributed by atoms with E-state index in [1.807, 2.05) is 111 Å². The summed E-state index contributed by atoms with van der Waals surface area (Å²) in [6.07, 6.45) is 8.10. The number of carbonyl (C=O) groups is 5. The van der Waals surface area contributed by atoms with E-state index >= 15 is 0 Å². The van der Waals surface area contributed by atoms with Crippen LogP contribution in [0.2, 0.25) is 5.02 Å². The lowest BCUT2D eigenvalue weighted by Gasteiger charge is -2.37. The number of aryl methyl sites for hydroxylation is 1. The molecule has 5 N–H and O–H groups in total. The number of thiazole rings is 1. The number of hydrogen-bond donors (Lipinski definition) is 5. The number of piperazine rings is 1. The molecule has 0 unspecified atom stereocenters. The van der Waals surface area contributed by atoms with Gasteiger partial charge in [0.2, 0.25) is 23.6 Å². The molecule has 7 atom stereocenters. The smallest absolute Gasteiger partial charge is 0.391 e. The lowest BCUT2D eigenvalue weighted by Crippen LogP contribution is -2.57. The third kappa shape index (κ3) is 20.8. The average molecular weight is 1570 g/mol. The molecular weight excluding hydrogens is 1470 g/mol. The number of aliphatic hydroxyl groups is 1. The number of sulfonamides is 1. The van der Waals surface area contributed by atoms with Crippen molar-refractivity contribution in [2.24, 2.45) is 17.3 Å². The Morgan fingerprint density at radius 3 is 2.07 bits per heavy atom. The van der Waals surface area contributed by atoms with Crippen LogP contribution in [0.25, 0.3) is 16.0 Å². The van der Waals surface area contributed by atoms with Gasteiger partial charge < -0.3 is 40.7 Å². The molecule has 0 radical (unpaired) electrons. The maximum Gasteiger partial charge on any atom is 0.501 e. The van der Waals surface area contributed by atoms with Crippen molar-refractivity contribution in [3.8, 4) is 10.4 Å². The van der Waals surface area contributed by atoms with Crippen LogP contribution in [-0.4, -0.2) is 184 Å². The molecule has 4 aliphatic heterocycles. The van der Waals surface area contributed by atoms with Gasteiger partial charge in [0, 0.05) is 124 Å². The van der Waals surface area contributed by atoms with Crippen molar-refractivity contribution >= 4 is 101 Å². The van der Waals surface area contributed by atoms with E-state index in [0.29, 0.717) is 88.1 Å². The van der Waals surface area contributed by atoms with Crippen molar-refractivity contribution in [3.05, 3.63) is 160 Å². The minimum atomic E-state index is -6.17. The molecule has 0 bridgehead atoms. The van der Waals surface area contributed by atoms with Crippen LogP contribution in [0.3, 0.4) is 0 Å². The molecule has 20 nitrogen and oxygen atoms in total. The summed E-state index contributed by atoms with van der Waals surface area (Å²) in [7, 11) is -11.1. The first-order valence-electron chi connectivity index (χ1n) is 37.1. The Balaban J connectivity index is 0.632. The first kappa shape index (κ1) is 80.6. The number of aliphatic hydroxyl groups excluding tert-OH is 1. The molecule has 11 rings (SSSR count). The van der Waals surface area contributed by atoms with Crippen LogP contribution >= 0.6 is 34.7 Å². The Kier molecular flexibility index (Phi) is 26.8. The molecular formula is C79H98ClF3N10O10S4. The quantitative estimate of drug-likeness (QED) is 0.0216. The Bertz CT molecular complexity index is 4360. The van der Waals surface area contributed by atoms with Crippen LogP contribution in [0.15, 0.2) is 147 Å². The number of thioether (sulfide) groups is 1. The highest BCUT2D eigenvalue weighted by Gasteiger charge is 2.49. The summed E-state index contributed by atoms with van der Waals surface area (Å²) >= 11 is 9.19. The summed E-state index contributed by atoms with van der Waals surface area (Å²) in [5.41, 5.74) is 2.52. The number of fused-ring (bicyclic) bond motifs is 1. The van der Waals surface area contributed by atoms with E-state index in [2.05, 4.69) is 47.8 Å². The highest BCUT2D eigenvalue weighted by atomic mass is 35.5. The number of allylic oxidation sites excluding steroid dienone is 1. The van der Waals surface area contributed by atoms with Gasteiger partial charge in [-0.2, -0.15) is 13.2 Å². The van der Waals surface area contributed by atoms with E-state index in [1.54, 1.807) is 29.0 Å². The first-order chi connectivity index (χ1) is 51.0. The van der Waals surface area contributed by atoms with Gasteiger partial charge >= 0.3 is 5.51 Å². The first-order valence-corrected chi connectivity index (χ1v) is 42.3. The summed E-state index contributed by atoms with van der Waals surface area (Å²) in [6, 6.07) is 31.1. The Morgan fingerprint density at radius 2 is 1.41 bits per heavy atom. The summed E-state index contributed by atoms with van der Waals surface area (Å²) < 4.78 is 101. The topological polar surface area (TPSA) is 251 Å². The van der Waals surface area contributed by atoms with E-state index < -0.39 is 88.2 Å². The van der Waals surface area contributed by atoms with Crippen molar-refractivity contribution in [2.45, 2.75) is 169 Å². The third-order valence-corrected chi connectivity index (χ3v) is 26.5. The second-order valence-corrected chi connectivity index (χ2v) is 36.1. The number of nitrogens with zero attached hydrogens (tertiary/aromatic N) is 6. The van der Waals surface area contributed by atoms with Crippen LogP contribution in [-0.2, 0) is 39.0 Å². The van der Waals surface area contributed by atoms with E-state index in [-0.39, 0.29) is 54.6 Å². The zero-order valence-corrected chi connectivity index (χ0v) is 65.3. The van der Waals surface area contributed by atoms with Gasteiger partial charge in [-0.05, 0) is 165 Å². The number of aromatic nitrogens is 1. The Hall–Kier alpha value is -7.37. The van der Waals surface area contributed by atoms with Crippen molar-refractivity contribution in [1.29, 1.82) is 0 Å². The molecule has 576 valence electrons. The van der Waals surface area contributed by atoms with Gasteiger partial charge in [-0.3, -0.25) is 28.9 Å². The number of anilines is 2. The highest BCUT2D eigenvalue weighted by Crippen LogP contribution is 2.40. The van der Waals surface area contributed by atoms with Crippen molar-refractivity contribution in [2.75, 3.05) is 88.0 Å². The molecule has 4 fully saturated rings. The average Bonchev–Trinajstić information content (AvgIpc) is 1.62. The van der Waals surface area contributed by atoms with E-state index in [1.165, 1.54) is 51.9 Å². The molecule has 0 spiro atoms. The maximum atomic E-state index is 14.6. The van der Waals surface area contributed by atoms with Crippen LogP contribution in [0.5, 0.6) is 0 Å². The molecule has 0 saturated carbocycles. The van der Waals surface area contributed by atoms with Crippen LogP contribution in [0.4, 0.5) is 24.5 Å². The minimum absolute atomic E-state index is 0.0301. The second kappa shape index (κ2) is 35.5. The highest BCUT2D eigenvalue weighted by molar-refractivity contribution is 7.99. The molecule has 1 aliphatic carbocycles. The summed E-state index contributed by atoms with van der Waals surface area (Å²) in [5, 5.41) is 20.5. The number of likely N-dealkylation sites (tertiary alicyclic amines) is 3. The standard InChI is InChI=1S/C79H98ClF3N10O10S4/c1-52(54-22-24-56(25-23-54)73-53(2)84-51-105-73)85-76(98)69-42-64(94)49-93(69)77(99)74(78(3,4)5)87-71(95)20-14-6-7-15-21-72(96)92-47-59-45-90(46-60(59)48-92)37-36-62(50-104-65-17-11-9-12-18-65)86-68-35-34-66(43-70(68)106(100,101)79(81,82)83)107(102,103)88-75(97)57-28-32-63(33-29-57)91-40-38-89(39-41-91)44-58-16-10-8-13-19-67(58)55-26-30-61(80)31-27-55/h9,11-12,17-18,22-35,43,51-52,59-60,62,64,69,74,86,94H,6-8,10,13-16,19-21,36-42,44-50H2,1-5H3,(H,85,98)(H,87,95)(H,88,97)/t52-,59-,60+,62+,64+,69-,74+/m0/s1. The van der Waals surface area contributed by atoms with E-state index in [4.69, 9.17) is 11.6 Å². The molecule has 1 aromatic heterocycles. The fourth-order valence-corrected chi connectivity index (χ4v) is 19.2. The molecule has 5 aliphatic rings. The molecule has 28 heteroatoms. The van der Waals surface area contributed by atoms with Gasteiger partial charge in [0.25, 0.3) is 25.8 Å². The monoisotopic (exact) mass is 1570 g/mol. The van der Waals surface area contributed by atoms with Crippen molar-refractivity contribution in [3.63, 3.8) is 0 Å². The van der Waals surface area contributed by atoms with E-state index in [9.17, 15) is 59.1 Å². The lowest BCUT2D eigenvalue weighted by molar-refractivity contribution is -0.144. The Morgan fingerprint density at radius 1 is 0.748 bits per heavy atom. The predicted octanol–water partition coefficient (Wildman–Crippen LogP) is 12.8. The van der Waals surface area contributed by atoms with Gasteiger partial charge in [0.15, 0.2) is 0 Å². The number of hydrogen-bond acceptors (Lipinski definition) is 17. The number of nitrogens with one attached hydrogen (secondary N) is 4. The summed E-state index contributed by atoms with van der Waals surface area (Å²) in [4.78, 5) is 83.1. The maximum absolute atomic E-state index is 14.6. The normalized spacial score (nSPS) is 20.0. The fourth-order valence-electron chi connectivity index (χ4n) is 15.2. The van der Waals surface area contributed by atoms with Crippen LogP contribution in [0, 0.1) is 24.2 Å². The zero-order valence-electron chi connectivity index (χ0n) is 61.3. The van der Waals surface area contributed by atoms with Gasteiger partial charge in [0.1, 0.15) is 17.0 Å². The van der Waals surface area contributed by atoms with Crippen molar-refractivity contribution < 1.29 is 59.1 Å². The number of sulfone groups is 1. The van der Waals surface area contributed by atoms with E-state index in [0.717, 1.165) is 103 Å². The third-order valence-electron chi connectivity index (χ3n) is 21.3. The number of halogens is 4. The largest absolute Gasteiger partial charge is 0.501 e. The van der Waals surface area contributed by atoms with Gasteiger partial charge in [-0.25, -0.2) is 26.5 Å². The van der Waals surface area contributed by atoms with Gasteiger partial charge in [-0.15, -0.1) is 23.1 Å². The molecule has 5 heterocycles. The van der Waals surface area contributed by atoms with Gasteiger partial charge in [-0.1, -0.05) is 112 Å². The second-order valence-electron chi connectivity index (χ2n) is 30.1. The SMILES string of the molecule is Cc1ncsc1-c1ccc([C@H](C)NC(=O)[C@@H]2C[C@@H](O)CN2C(=O)[C@@H](NC(=O)CCCCCCC(=O)N2C[C@H]3CN(CC[C@H](CSc4ccccc4)Nc4ccc(S(=O)(=O)NC(=O)c5ccc(N6CCN(CC7=C(c8ccc(Cl)cc8)CCCCC7)CC6)cc5)cc4S(=O)(=O)C(F)(F)F)C[C@H]3C2)C(C)(C)C)cc1. The number of rotatable bonds is 29. The number of amides is 5. The number of alkyl halides is 3. The molecule has 5 amide bonds. The van der Waals surface area contributed by atoms with Gasteiger partial charge in [0.05, 0.1) is 38.8 Å². The van der Waals surface area contributed by atoms with Crippen LogP contribution < -0.4 is 25.6 Å². The predicted molar refractivity (Wildman–Crippen MR) is 414 cm³/mol. The molecule has 6 aromatic rings. The number of carbonyl (C=O) groups excluding carboxylic acids is 5. The molecule has 5 aromatic carbocycles. The lowest BCUT2D eigenvalue weighted by atomic mass is 9.85. The number of benzene rings is 5. The minimum Gasteiger partial charge on any atom is -0.391 e. The van der Waals surface area contributed by atoms with Crippen molar-refractivity contribution in [1.82, 2.24) is 39.9 Å². The number of unbranched alkanes of at least 4 members (excludes halogenated alkanes) is 3. The number of β-amino-alcohol motifs (C(OH)–C–C–N with tert-alkyl or cyclic N) is 1. The molecule has 107 heavy (non-hydrogen) atoms. The zero-order chi connectivity index (χ0) is 76.4.